The topological polar surface area (TPSA) is 77.8 Å². The molecule has 1 aliphatic rings. The van der Waals surface area contributed by atoms with Crippen LogP contribution in [0, 0.1) is 5.82 Å². The average molecular weight is 397 g/mol. The number of furan rings is 1. The summed E-state index contributed by atoms with van der Waals surface area (Å²) in [6, 6.07) is 12.6. The van der Waals surface area contributed by atoms with Crippen molar-refractivity contribution in [3.05, 3.63) is 71.2 Å². The Balaban J connectivity index is 1.65. The third-order valence-electron chi connectivity index (χ3n) is 4.73. The molecule has 6 nitrogen and oxygen atoms in total. The maximum atomic E-state index is 13.3. The zero-order chi connectivity index (χ0) is 20.4. The fraction of sp³-hybridized carbons (Fsp3) is 0.273. The maximum absolute atomic E-state index is 13.3. The number of rotatable bonds is 7. The van der Waals surface area contributed by atoms with Gasteiger partial charge in [0.15, 0.2) is 0 Å². The molecule has 0 bridgehead atoms. The number of esters is 1. The third kappa shape index (κ3) is 4.14. The van der Waals surface area contributed by atoms with E-state index < -0.39 is 23.8 Å². The molecule has 1 heterocycles. The summed E-state index contributed by atoms with van der Waals surface area (Å²) in [5.74, 6) is -1.69. The Morgan fingerprint density at radius 3 is 2.59 bits per heavy atom. The number of carbonyl (C=O) groups excluding carboxylic acids is 2. The fourth-order valence-corrected chi connectivity index (χ4v) is 3.13. The first-order chi connectivity index (χ1) is 14.1. The quantitative estimate of drug-likeness (QED) is 0.612. The summed E-state index contributed by atoms with van der Waals surface area (Å²) in [5.41, 5.74) is 1.45. The summed E-state index contributed by atoms with van der Waals surface area (Å²) in [7, 11) is 1.52. The molecule has 2 aromatic carbocycles. The first-order valence-corrected chi connectivity index (χ1v) is 9.33. The van der Waals surface area contributed by atoms with E-state index in [9.17, 15) is 14.0 Å². The van der Waals surface area contributed by atoms with Crippen molar-refractivity contribution in [2.45, 2.75) is 31.6 Å². The van der Waals surface area contributed by atoms with Gasteiger partial charge in [-0.15, -0.1) is 0 Å². The fourth-order valence-electron chi connectivity index (χ4n) is 3.13. The lowest BCUT2D eigenvalue weighted by molar-refractivity contribution is -0.130. The predicted octanol–water partition coefficient (Wildman–Crippen LogP) is 3.90. The van der Waals surface area contributed by atoms with Gasteiger partial charge in [0.2, 0.25) is 11.9 Å². The van der Waals surface area contributed by atoms with E-state index in [-0.39, 0.29) is 18.4 Å². The van der Waals surface area contributed by atoms with E-state index in [1.807, 2.05) is 12.1 Å². The second-order valence-electron chi connectivity index (χ2n) is 6.96. The Morgan fingerprint density at radius 1 is 1.17 bits per heavy atom. The van der Waals surface area contributed by atoms with Crippen LogP contribution in [0.25, 0.3) is 11.0 Å². The number of carbonyl (C=O) groups is 2. The molecule has 3 aromatic rings. The van der Waals surface area contributed by atoms with Crippen LogP contribution in [0.15, 0.2) is 52.9 Å². The summed E-state index contributed by atoms with van der Waals surface area (Å²) < 4.78 is 29.8. The van der Waals surface area contributed by atoms with Crippen molar-refractivity contribution in [1.29, 1.82) is 0 Å². The molecule has 0 spiro atoms. The van der Waals surface area contributed by atoms with E-state index in [0.29, 0.717) is 16.7 Å². The predicted molar refractivity (Wildman–Crippen MR) is 103 cm³/mol. The van der Waals surface area contributed by atoms with E-state index in [2.05, 4.69) is 5.32 Å². The number of fused-ring (bicyclic) bond motifs is 1. The number of amides is 1. The van der Waals surface area contributed by atoms with Crippen LogP contribution >= 0.6 is 0 Å². The molecule has 1 N–H and O–H groups in total. The monoisotopic (exact) mass is 397 g/mol. The minimum Gasteiger partial charge on any atom is -0.449 e. The highest BCUT2D eigenvalue weighted by molar-refractivity contribution is 5.97. The molecule has 1 fully saturated rings. The lowest BCUT2D eigenvalue weighted by Crippen LogP contribution is -2.33. The zero-order valence-corrected chi connectivity index (χ0v) is 15.8. The molecule has 1 saturated carbocycles. The van der Waals surface area contributed by atoms with Gasteiger partial charge in [-0.25, -0.2) is 9.18 Å². The van der Waals surface area contributed by atoms with Gasteiger partial charge in [-0.1, -0.05) is 30.3 Å². The minimum atomic E-state index is -1.22. The molecule has 1 atom stereocenters. The third-order valence-corrected chi connectivity index (χ3v) is 4.73. The molecule has 4 rings (SSSR count). The van der Waals surface area contributed by atoms with Crippen molar-refractivity contribution in [3.8, 4) is 0 Å². The van der Waals surface area contributed by atoms with Gasteiger partial charge in [-0.2, -0.15) is 0 Å². The normalized spacial score (nSPS) is 14.6. The van der Waals surface area contributed by atoms with Crippen LogP contribution < -0.4 is 5.32 Å². The van der Waals surface area contributed by atoms with Crippen molar-refractivity contribution in [2.24, 2.45) is 0 Å². The first kappa shape index (κ1) is 19.1. The van der Waals surface area contributed by atoms with Crippen LogP contribution in [0.1, 0.15) is 40.6 Å². The molecule has 0 saturated heterocycles. The van der Waals surface area contributed by atoms with Crippen molar-refractivity contribution < 1.29 is 27.9 Å². The van der Waals surface area contributed by atoms with Crippen LogP contribution in [0.5, 0.6) is 0 Å². The largest absolute Gasteiger partial charge is 0.449 e. The lowest BCUT2D eigenvalue weighted by Gasteiger charge is -2.17. The smallest absolute Gasteiger partial charge is 0.375 e. The van der Waals surface area contributed by atoms with Crippen molar-refractivity contribution in [1.82, 2.24) is 5.32 Å². The van der Waals surface area contributed by atoms with Gasteiger partial charge >= 0.3 is 5.97 Å². The number of para-hydroxylation sites is 1. The summed E-state index contributed by atoms with van der Waals surface area (Å²) in [4.78, 5) is 25.6. The highest BCUT2D eigenvalue weighted by Crippen LogP contribution is 2.30. The standard InChI is InChI=1S/C22H20FNO5/c1-27-12-17-16-4-2-3-5-18(16)28-20(17)22(26)29-19(21(25)24-15-10-11-15)13-6-8-14(23)9-7-13/h2-9,15,19H,10-12H2,1H3,(H,24,25). The van der Waals surface area contributed by atoms with Crippen molar-refractivity contribution >= 4 is 22.8 Å². The molecule has 1 unspecified atom stereocenters. The van der Waals surface area contributed by atoms with E-state index >= 15 is 0 Å². The van der Waals surface area contributed by atoms with Gasteiger partial charge in [0, 0.05) is 29.7 Å². The van der Waals surface area contributed by atoms with Crippen molar-refractivity contribution in [3.63, 3.8) is 0 Å². The molecule has 0 radical (unpaired) electrons. The number of methoxy groups -OCH3 is 1. The zero-order valence-electron chi connectivity index (χ0n) is 15.8. The number of nitrogens with one attached hydrogen (secondary N) is 1. The van der Waals surface area contributed by atoms with Gasteiger partial charge < -0.3 is 19.2 Å². The number of hydrogen-bond donors (Lipinski definition) is 1. The van der Waals surface area contributed by atoms with Crippen LogP contribution in [0.3, 0.4) is 0 Å². The second-order valence-corrected chi connectivity index (χ2v) is 6.96. The van der Waals surface area contributed by atoms with Gasteiger partial charge in [-0.05, 0) is 31.0 Å². The Morgan fingerprint density at radius 2 is 1.90 bits per heavy atom. The van der Waals surface area contributed by atoms with E-state index in [0.717, 1.165) is 18.2 Å². The van der Waals surface area contributed by atoms with Crippen LogP contribution in [-0.4, -0.2) is 25.0 Å². The van der Waals surface area contributed by atoms with Gasteiger partial charge in [0.05, 0.1) is 6.61 Å². The molecule has 7 heteroatoms. The number of ether oxygens (including phenoxy) is 2. The Hall–Kier alpha value is -3.19. The molecule has 1 amide bonds. The van der Waals surface area contributed by atoms with E-state index in [1.165, 1.54) is 31.4 Å². The van der Waals surface area contributed by atoms with Crippen molar-refractivity contribution in [2.75, 3.05) is 7.11 Å². The molecular weight excluding hydrogens is 377 g/mol. The number of benzene rings is 2. The van der Waals surface area contributed by atoms with E-state index in [1.54, 1.807) is 12.1 Å². The molecule has 1 aromatic heterocycles. The number of hydrogen-bond acceptors (Lipinski definition) is 5. The molecule has 1 aliphatic carbocycles. The minimum absolute atomic E-state index is 0.0145. The van der Waals surface area contributed by atoms with Gasteiger partial charge in [-0.3, -0.25) is 4.79 Å². The summed E-state index contributed by atoms with van der Waals surface area (Å²) in [5, 5.41) is 3.56. The van der Waals surface area contributed by atoms with Crippen LogP contribution in [-0.2, 0) is 20.9 Å². The van der Waals surface area contributed by atoms with Gasteiger partial charge in [0.1, 0.15) is 11.4 Å². The highest BCUT2D eigenvalue weighted by atomic mass is 19.1. The molecule has 29 heavy (non-hydrogen) atoms. The Labute approximate surface area is 166 Å². The molecule has 0 aliphatic heterocycles. The second kappa shape index (κ2) is 8.05. The van der Waals surface area contributed by atoms with Gasteiger partial charge in [0.25, 0.3) is 5.91 Å². The Bertz CT molecular complexity index is 1040. The Kier molecular flexibility index (Phi) is 5.31. The van der Waals surface area contributed by atoms with E-state index in [4.69, 9.17) is 13.9 Å². The maximum Gasteiger partial charge on any atom is 0.375 e. The molecular formula is C22H20FNO5. The summed E-state index contributed by atoms with van der Waals surface area (Å²) in [6.07, 6.45) is 0.557. The molecule has 150 valence electrons. The summed E-state index contributed by atoms with van der Waals surface area (Å²) in [6.45, 7) is 0.150. The highest BCUT2D eigenvalue weighted by Gasteiger charge is 2.33. The average Bonchev–Trinajstić information content (AvgIpc) is 3.46. The number of halogens is 1. The van der Waals surface area contributed by atoms with Crippen LogP contribution in [0.2, 0.25) is 0 Å². The lowest BCUT2D eigenvalue weighted by atomic mass is 10.1. The summed E-state index contributed by atoms with van der Waals surface area (Å²) >= 11 is 0. The first-order valence-electron chi connectivity index (χ1n) is 9.33. The SMILES string of the molecule is COCc1c(C(=O)OC(C(=O)NC2CC2)c2ccc(F)cc2)oc2ccccc12. The van der Waals surface area contributed by atoms with Crippen LogP contribution in [0.4, 0.5) is 4.39 Å².